The van der Waals surface area contributed by atoms with Crippen molar-refractivity contribution in [3.63, 3.8) is 0 Å². The zero-order chi connectivity index (χ0) is 14.5. The van der Waals surface area contributed by atoms with Crippen LogP contribution in [0.2, 0.25) is 0 Å². The average Bonchev–Trinajstić information content (AvgIpc) is 3.23. The molecule has 0 aliphatic heterocycles. The van der Waals surface area contributed by atoms with E-state index in [0.29, 0.717) is 17.3 Å². The van der Waals surface area contributed by atoms with Gasteiger partial charge in [0.15, 0.2) is 0 Å². The summed E-state index contributed by atoms with van der Waals surface area (Å²) in [5, 5.41) is 3.62. The van der Waals surface area contributed by atoms with Gasteiger partial charge < -0.3 is 5.32 Å². The lowest BCUT2D eigenvalue weighted by Crippen LogP contribution is -2.23. The highest BCUT2D eigenvalue weighted by molar-refractivity contribution is 5.30. The van der Waals surface area contributed by atoms with Crippen LogP contribution in [0.1, 0.15) is 74.6 Å². The Hall–Kier alpha value is -0.960. The number of nitrogens with one attached hydrogen (secondary N) is 1. The van der Waals surface area contributed by atoms with Crippen LogP contribution in [0.4, 0.5) is 0 Å². The van der Waals surface area contributed by atoms with Gasteiger partial charge in [0.05, 0.1) is 0 Å². The summed E-state index contributed by atoms with van der Waals surface area (Å²) in [6, 6.07) is 0.769. The van der Waals surface area contributed by atoms with Crippen molar-refractivity contribution in [1.29, 1.82) is 0 Å². The average molecular weight is 273 g/mol. The summed E-state index contributed by atoms with van der Waals surface area (Å²) in [7, 11) is 0. The minimum atomic E-state index is 0.402. The normalized spacial score (nSPS) is 25.6. The molecular formula is C17H27N3. The second kappa shape index (κ2) is 4.80. The van der Waals surface area contributed by atoms with Crippen molar-refractivity contribution in [2.75, 3.05) is 6.54 Å². The number of hydrogen-bond acceptors (Lipinski definition) is 3. The zero-order valence-electron chi connectivity index (χ0n) is 13.5. The van der Waals surface area contributed by atoms with Gasteiger partial charge in [0.25, 0.3) is 0 Å². The topological polar surface area (TPSA) is 37.8 Å². The van der Waals surface area contributed by atoms with Crippen molar-refractivity contribution < 1.29 is 0 Å². The molecule has 0 spiro atoms. The van der Waals surface area contributed by atoms with Crippen molar-refractivity contribution in [3.8, 4) is 0 Å². The highest BCUT2D eigenvalue weighted by Crippen LogP contribution is 2.57. The van der Waals surface area contributed by atoms with E-state index in [0.717, 1.165) is 18.4 Å². The first kappa shape index (κ1) is 14.0. The molecule has 0 amide bonds. The van der Waals surface area contributed by atoms with Crippen molar-refractivity contribution in [1.82, 2.24) is 15.3 Å². The minimum Gasteiger partial charge on any atom is -0.313 e. The molecule has 1 aromatic rings. The van der Waals surface area contributed by atoms with Gasteiger partial charge in [-0.25, -0.2) is 9.97 Å². The first-order chi connectivity index (χ1) is 9.38. The van der Waals surface area contributed by atoms with Crippen LogP contribution in [0.25, 0.3) is 0 Å². The maximum Gasteiger partial charge on any atom is 0.132 e. The van der Waals surface area contributed by atoms with E-state index >= 15 is 0 Å². The highest BCUT2D eigenvalue weighted by Gasteiger charge is 2.48. The van der Waals surface area contributed by atoms with Gasteiger partial charge >= 0.3 is 0 Å². The second-order valence-electron chi connectivity index (χ2n) is 7.50. The standard InChI is InChI=1S/C17H27N3/c1-10(9-18-13-6-7-13)15-11(2)19-16(20-12(15)3)14-8-17(14,4)5/h10,13-14,18H,6-9H2,1-5H3. The van der Waals surface area contributed by atoms with Crippen LogP contribution in [0.15, 0.2) is 0 Å². The van der Waals surface area contributed by atoms with E-state index in [1.54, 1.807) is 0 Å². The molecule has 20 heavy (non-hydrogen) atoms. The predicted octanol–water partition coefficient (Wildman–Crippen LogP) is 3.46. The van der Waals surface area contributed by atoms with E-state index in [9.17, 15) is 0 Å². The lowest BCUT2D eigenvalue weighted by atomic mass is 9.97. The molecule has 1 N–H and O–H groups in total. The maximum absolute atomic E-state index is 4.82. The van der Waals surface area contributed by atoms with Gasteiger partial charge in [-0.05, 0) is 50.0 Å². The summed E-state index contributed by atoms with van der Waals surface area (Å²) in [5.74, 6) is 2.13. The van der Waals surface area contributed by atoms with Crippen molar-refractivity contribution in [2.24, 2.45) is 5.41 Å². The van der Waals surface area contributed by atoms with Crippen LogP contribution >= 0.6 is 0 Å². The SMILES string of the molecule is Cc1nc(C2CC2(C)C)nc(C)c1C(C)CNC1CC1. The molecule has 0 bridgehead atoms. The maximum atomic E-state index is 4.82. The Morgan fingerprint density at radius 3 is 2.20 bits per heavy atom. The molecule has 1 aromatic heterocycles. The van der Waals surface area contributed by atoms with E-state index < -0.39 is 0 Å². The summed E-state index contributed by atoms with van der Waals surface area (Å²) < 4.78 is 0. The third-order valence-corrected chi connectivity index (χ3v) is 4.95. The van der Waals surface area contributed by atoms with Gasteiger partial charge in [-0.15, -0.1) is 0 Å². The molecule has 2 saturated carbocycles. The van der Waals surface area contributed by atoms with Crippen LogP contribution in [0.5, 0.6) is 0 Å². The Labute approximate surface area is 122 Å². The third-order valence-electron chi connectivity index (χ3n) is 4.95. The third kappa shape index (κ3) is 2.73. The van der Waals surface area contributed by atoms with Gasteiger partial charge in [0.1, 0.15) is 5.82 Å². The molecule has 110 valence electrons. The smallest absolute Gasteiger partial charge is 0.132 e. The molecule has 1 heterocycles. The minimum absolute atomic E-state index is 0.402. The molecule has 0 aromatic carbocycles. The summed E-state index contributed by atoms with van der Waals surface area (Å²) in [6.07, 6.45) is 3.91. The molecule has 2 atom stereocenters. The van der Waals surface area contributed by atoms with Gasteiger partial charge in [-0.2, -0.15) is 0 Å². The van der Waals surface area contributed by atoms with Crippen molar-refractivity contribution >= 4 is 0 Å². The Morgan fingerprint density at radius 1 is 1.20 bits per heavy atom. The largest absolute Gasteiger partial charge is 0.313 e. The number of rotatable bonds is 5. The van der Waals surface area contributed by atoms with Gasteiger partial charge in [0.2, 0.25) is 0 Å². The fourth-order valence-corrected chi connectivity index (χ4v) is 3.26. The van der Waals surface area contributed by atoms with E-state index in [1.807, 2.05) is 0 Å². The summed E-state index contributed by atoms with van der Waals surface area (Å²) in [4.78, 5) is 9.63. The summed E-state index contributed by atoms with van der Waals surface area (Å²) in [6.45, 7) is 12.2. The highest BCUT2D eigenvalue weighted by atomic mass is 15.0. The quantitative estimate of drug-likeness (QED) is 0.892. The number of aromatic nitrogens is 2. The monoisotopic (exact) mass is 273 g/mol. The fraction of sp³-hybridized carbons (Fsp3) is 0.765. The van der Waals surface area contributed by atoms with Crippen molar-refractivity contribution in [2.45, 2.75) is 71.8 Å². The molecule has 0 saturated heterocycles. The van der Waals surface area contributed by atoms with Gasteiger partial charge in [-0.1, -0.05) is 20.8 Å². The molecule has 0 radical (unpaired) electrons. The van der Waals surface area contributed by atoms with Gasteiger partial charge in [-0.3, -0.25) is 0 Å². The number of hydrogen-bond donors (Lipinski definition) is 1. The van der Waals surface area contributed by atoms with Crippen LogP contribution in [-0.2, 0) is 0 Å². The summed E-state index contributed by atoms with van der Waals surface area (Å²) >= 11 is 0. The molecule has 3 heteroatoms. The van der Waals surface area contributed by atoms with Crippen LogP contribution < -0.4 is 5.32 Å². The molecule has 3 rings (SSSR count). The van der Waals surface area contributed by atoms with Crippen LogP contribution in [-0.4, -0.2) is 22.6 Å². The van der Waals surface area contributed by atoms with E-state index in [4.69, 9.17) is 9.97 Å². The zero-order valence-corrected chi connectivity index (χ0v) is 13.5. The van der Waals surface area contributed by atoms with Gasteiger partial charge in [0, 0.05) is 29.9 Å². The Bertz CT molecular complexity index is 494. The number of aryl methyl sites for hydroxylation is 2. The Morgan fingerprint density at radius 2 is 1.75 bits per heavy atom. The van der Waals surface area contributed by atoms with E-state index in [-0.39, 0.29) is 0 Å². The molecule has 2 fully saturated rings. The molecule has 3 nitrogen and oxygen atoms in total. The molecule has 2 unspecified atom stereocenters. The van der Waals surface area contributed by atoms with Crippen LogP contribution in [0.3, 0.4) is 0 Å². The lowest BCUT2D eigenvalue weighted by Gasteiger charge is -2.18. The number of nitrogens with zero attached hydrogens (tertiary/aromatic N) is 2. The molecular weight excluding hydrogens is 246 g/mol. The van der Waals surface area contributed by atoms with Crippen molar-refractivity contribution in [3.05, 3.63) is 22.8 Å². The first-order valence-electron chi connectivity index (χ1n) is 7.97. The van der Waals surface area contributed by atoms with E-state index in [1.165, 1.54) is 36.2 Å². The fourth-order valence-electron chi connectivity index (χ4n) is 3.26. The lowest BCUT2D eigenvalue weighted by molar-refractivity contribution is 0.590. The van der Waals surface area contributed by atoms with E-state index in [2.05, 4.69) is 39.9 Å². The molecule has 2 aliphatic rings. The predicted molar refractivity (Wildman–Crippen MR) is 82.1 cm³/mol. The van der Waals surface area contributed by atoms with Crippen LogP contribution in [0, 0.1) is 19.3 Å². The Balaban J connectivity index is 1.77. The Kier molecular flexibility index (Phi) is 3.36. The summed E-state index contributed by atoms with van der Waals surface area (Å²) in [5.41, 5.74) is 4.11. The second-order valence-corrected chi connectivity index (χ2v) is 7.50. The first-order valence-corrected chi connectivity index (χ1v) is 7.97. The molecule has 2 aliphatic carbocycles.